The van der Waals surface area contributed by atoms with Gasteiger partial charge in [-0.05, 0) is 32.9 Å². The predicted octanol–water partition coefficient (Wildman–Crippen LogP) is 3.66. The lowest BCUT2D eigenvalue weighted by Crippen LogP contribution is -2.41. The fourth-order valence-corrected chi connectivity index (χ4v) is 3.54. The van der Waals surface area contributed by atoms with Crippen molar-refractivity contribution < 1.29 is 8.94 Å². The van der Waals surface area contributed by atoms with E-state index in [1.54, 1.807) is 18.3 Å². The van der Waals surface area contributed by atoms with E-state index < -0.39 is 28.0 Å². The second-order valence-electron chi connectivity index (χ2n) is 5.70. The van der Waals surface area contributed by atoms with Crippen LogP contribution in [-0.2, 0) is 11.4 Å². The number of thiazole rings is 1. The van der Waals surface area contributed by atoms with Crippen LogP contribution >= 0.6 is 22.9 Å². The quantitative estimate of drug-likeness (QED) is 0.815. The van der Waals surface area contributed by atoms with E-state index in [0.29, 0.717) is 20.6 Å². The number of nitrogens with zero attached hydrogens (tertiary/aromatic N) is 1. The Bertz CT molecular complexity index is 660. The summed E-state index contributed by atoms with van der Waals surface area (Å²) in [5.41, 5.74) is 6.01. The molecule has 4 nitrogen and oxygen atoms in total. The predicted molar refractivity (Wildman–Crippen MR) is 90.8 cm³/mol. The zero-order valence-corrected chi connectivity index (χ0v) is 14.8. The molecule has 0 fully saturated rings. The second kappa shape index (κ2) is 6.72. The number of aromatic nitrogens is 1. The third-order valence-electron chi connectivity index (χ3n) is 2.88. The minimum atomic E-state index is -1.38. The Morgan fingerprint density at radius 3 is 2.64 bits per heavy atom. The van der Waals surface area contributed by atoms with Crippen molar-refractivity contribution in [1.82, 2.24) is 9.71 Å². The number of benzene rings is 1. The van der Waals surface area contributed by atoms with Gasteiger partial charge in [-0.1, -0.05) is 17.7 Å². The molecular weight excluding hydrogens is 345 g/mol. The average Bonchev–Trinajstić information content (AvgIpc) is 2.82. The summed E-state index contributed by atoms with van der Waals surface area (Å²) in [6.45, 7) is 5.52. The number of nitrogen functional groups attached to an aromatic ring is 1. The maximum atomic E-state index is 14.3. The molecule has 2 aromatic rings. The Morgan fingerprint density at radius 2 is 2.14 bits per heavy atom. The molecule has 1 aromatic carbocycles. The number of anilines is 1. The van der Waals surface area contributed by atoms with Gasteiger partial charge >= 0.3 is 0 Å². The van der Waals surface area contributed by atoms with Crippen molar-refractivity contribution in [2.45, 2.75) is 31.6 Å². The van der Waals surface area contributed by atoms with E-state index in [2.05, 4.69) is 9.71 Å². The first-order valence-electron chi connectivity index (χ1n) is 6.52. The SMILES string of the molecule is CC(C)(C)[S@@+]([O-])N[C@H](c1cnc(N)s1)c1ccc(Cl)cc1F. The summed E-state index contributed by atoms with van der Waals surface area (Å²) in [5.74, 6) is -0.470. The Labute approximate surface area is 141 Å². The van der Waals surface area contributed by atoms with Gasteiger partial charge in [-0.15, -0.1) is 16.1 Å². The van der Waals surface area contributed by atoms with Gasteiger partial charge in [0.25, 0.3) is 0 Å². The highest BCUT2D eigenvalue weighted by Crippen LogP contribution is 2.32. The lowest BCUT2D eigenvalue weighted by molar-refractivity contribution is 0.530. The van der Waals surface area contributed by atoms with Crippen molar-refractivity contribution in [2.75, 3.05) is 5.73 Å². The Hall–Kier alpha value is -0.860. The van der Waals surface area contributed by atoms with Crippen molar-refractivity contribution in [3.05, 3.63) is 45.7 Å². The maximum absolute atomic E-state index is 14.3. The summed E-state index contributed by atoms with van der Waals surface area (Å²) in [6, 6.07) is 3.80. The van der Waals surface area contributed by atoms with Crippen molar-refractivity contribution in [3.63, 3.8) is 0 Å². The second-order valence-corrected chi connectivity index (χ2v) is 9.23. The van der Waals surface area contributed by atoms with E-state index >= 15 is 0 Å². The normalized spacial score (nSPS) is 14.8. The molecule has 0 aliphatic carbocycles. The number of hydrogen-bond donors (Lipinski definition) is 2. The maximum Gasteiger partial charge on any atom is 0.180 e. The third-order valence-corrected chi connectivity index (χ3v) is 5.57. The molecule has 0 aliphatic rings. The van der Waals surface area contributed by atoms with Gasteiger partial charge in [0.15, 0.2) is 5.13 Å². The summed E-state index contributed by atoms with van der Waals surface area (Å²) in [7, 11) is 0. The first kappa shape index (κ1) is 17.5. The van der Waals surface area contributed by atoms with E-state index in [9.17, 15) is 8.94 Å². The molecule has 0 spiro atoms. The molecule has 3 N–H and O–H groups in total. The summed E-state index contributed by atoms with van der Waals surface area (Å²) in [5, 5.41) is 0.679. The molecule has 8 heteroatoms. The van der Waals surface area contributed by atoms with Crippen LogP contribution in [0.3, 0.4) is 0 Å². The van der Waals surface area contributed by atoms with Crippen LogP contribution in [-0.4, -0.2) is 14.3 Å². The Kier molecular flexibility index (Phi) is 5.34. The highest BCUT2D eigenvalue weighted by molar-refractivity contribution is 7.90. The molecule has 22 heavy (non-hydrogen) atoms. The molecular formula is C14H17ClFN3OS2. The van der Waals surface area contributed by atoms with Crippen LogP contribution < -0.4 is 10.5 Å². The Morgan fingerprint density at radius 1 is 1.45 bits per heavy atom. The molecule has 0 bridgehead atoms. The minimum Gasteiger partial charge on any atom is -0.598 e. The van der Waals surface area contributed by atoms with Gasteiger partial charge in [-0.2, -0.15) is 0 Å². The number of hydrogen-bond acceptors (Lipinski definition) is 5. The van der Waals surface area contributed by atoms with Crippen LogP contribution in [0, 0.1) is 5.82 Å². The van der Waals surface area contributed by atoms with Crippen LogP contribution in [0.5, 0.6) is 0 Å². The minimum absolute atomic E-state index is 0.306. The molecule has 0 amide bonds. The number of rotatable bonds is 4. The van der Waals surface area contributed by atoms with Crippen molar-refractivity contribution in [1.29, 1.82) is 0 Å². The Balaban J connectivity index is 2.41. The van der Waals surface area contributed by atoms with Gasteiger partial charge in [0, 0.05) is 28.1 Å². The van der Waals surface area contributed by atoms with E-state index in [1.165, 1.54) is 17.4 Å². The van der Waals surface area contributed by atoms with Crippen LogP contribution in [0.1, 0.15) is 37.3 Å². The molecule has 0 aliphatic heterocycles. The van der Waals surface area contributed by atoms with E-state index in [-0.39, 0.29) is 0 Å². The summed E-state index contributed by atoms with van der Waals surface area (Å²) >= 11 is 5.64. The van der Waals surface area contributed by atoms with Crippen LogP contribution in [0.4, 0.5) is 9.52 Å². The number of halogens is 2. The van der Waals surface area contributed by atoms with Crippen molar-refractivity contribution in [2.24, 2.45) is 0 Å². The van der Waals surface area contributed by atoms with E-state index in [1.807, 2.05) is 20.8 Å². The van der Waals surface area contributed by atoms with Gasteiger partial charge in [-0.3, -0.25) is 0 Å². The molecule has 0 saturated carbocycles. The average molecular weight is 362 g/mol. The standard InChI is InChI=1S/C14H17ClFN3OS2/c1-14(2,3)22(20)19-12(11-7-18-13(17)21-11)9-5-4-8(15)6-10(9)16/h4-7,12,19H,1-3H3,(H2,17,18)/t12-,22+/m0/s1. The monoisotopic (exact) mass is 361 g/mol. The zero-order valence-electron chi connectivity index (χ0n) is 12.4. The van der Waals surface area contributed by atoms with E-state index in [4.69, 9.17) is 17.3 Å². The topological polar surface area (TPSA) is 74.0 Å². The van der Waals surface area contributed by atoms with E-state index in [0.717, 1.165) is 0 Å². The third kappa shape index (κ3) is 4.11. The molecule has 0 radical (unpaired) electrons. The van der Waals surface area contributed by atoms with Crippen LogP contribution in [0.2, 0.25) is 5.02 Å². The molecule has 0 unspecified atom stereocenters. The summed E-state index contributed by atoms with van der Waals surface area (Å²) in [6.07, 6.45) is 1.56. The fraction of sp³-hybridized carbons (Fsp3) is 0.357. The highest BCUT2D eigenvalue weighted by Gasteiger charge is 2.32. The largest absolute Gasteiger partial charge is 0.598 e. The van der Waals surface area contributed by atoms with Crippen LogP contribution in [0.25, 0.3) is 0 Å². The lowest BCUT2D eigenvalue weighted by atomic mass is 10.1. The zero-order chi connectivity index (χ0) is 16.5. The summed E-state index contributed by atoms with van der Waals surface area (Å²) in [4.78, 5) is 4.68. The van der Waals surface area contributed by atoms with Crippen LogP contribution in [0.15, 0.2) is 24.4 Å². The fourth-order valence-electron chi connectivity index (χ4n) is 1.73. The first-order valence-corrected chi connectivity index (χ1v) is 8.87. The van der Waals surface area contributed by atoms with Gasteiger partial charge in [-0.25, -0.2) is 9.37 Å². The molecule has 0 saturated heterocycles. The number of nitrogens with one attached hydrogen (secondary N) is 1. The smallest absolute Gasteiger partial charge is 0.180 e. The van der Waals surface area contributed by atoms with Gasteiger partial charge in [0.2, 0.25) is 0 Å². The van der Waals surface area contributed by atoms with Gasteiger partial charge in [0.05, 0.1) is 4.88 Å². The first-order chi connectivity index (χ1) is 10.2. The van der Waals surface area contributed by atoms with Gasteiger partial charge in [0.1, 0.15) is 16.6 Å². The highest BCUT2D eigenvalue weighted by atomic mass is 35.5. The molecule has 120 valence electrons. The lowest BCUT2D eigenvalue weighted by Gasteiger charge is -2.27. The molecule has 1 heterocycles. The molecule has 2 rings (SSSR count). The molecule has 1 aromatic heterocycles. The van der Waals surface area contributed by atoms with Crippen molar-refractivity contribution in [3.8, 4) is 0 Å². The van der Waals surface area contributed by atoms with Crippen molar-refractivity contribution >= 4 is 39.4 Å². The molecule has 2 atom stereocenters. The van der Waals surface area contributed by atoms with Gasteiger partial charge < -0.3 is 10.3 Å². The number of nitrogens with two attached hydrogens (primary N) is 1. The summed E-state index contributed by atoms with van der Waals surface area (Å²) < 4.78 is 29.2.